The Balaban J connectivity index is 0.000000763. The predicted octanol–water partition coefficient (Wildman–Crippen LogP) is 12.4. The molecule has 2 aliphatic rings. The molecule has 59 heavy (non-hydrogen) atoms. The molecule has 0 aromatic heterocycles. The van der Waals surface area contributed by atoms with Gasteiger partial charge in [0.25, 0.3) is 0 Å². The number of fused-ring (bicyclic) bond motifs is 2. The van der Waals surface area contributed by atoms with E-state index in [1.54, 1.807) is 12.2 Å². The fourth-order valence-electron chi connectivity index (χ4n) is 7.99. The van der Waals surface area contributed by atoms with E-state index in [0.29, 0.717) is 9.73 Å². The summed E-state index contributed by atoms with van der Waals surface area (Å²) in [4.78, 5) is 0.911. The van der Waals surface area contributed by atoms with Crippen LogP contribution in [-0.4, -0.2) is 71.1 Å². The molecule has 4 rings (SSSR count). The Bertz CT molecular complexity index is 1290. The summed E-state index contributed by atoms with van der Waals surface area (Å²) in [6, 6.07) is 15.6. The number of rotatable bonds is 24. The molecular weight excluding hydrogens is 807 g/mol. The molecule has 2 aliphatic carbocycles. The number of benzene rings is 2. The Morgan fingerprint density at radius 2 is 0.627 bits per heavy atom. The van der Waals surface area contributed by atoms with Crippen molar-refractivity contribution in [2.75, 3.05) is 52.4 Å². The van der Waals surface area contributed by atoms with Crippen LogP contribution in [0.3, 0.4) is 0 Å². The second-order valence-electron chi connectivity index (χ2n) is 16.8. The third kappa shape index (κ3) is 22.2. The SMILES string of the molecule is CCCC[N+](CCCC)(CCCC)CCCC.CCCC[N+](CCCC)(CCCC)CCCC.[Ni].[O-]C1=CCc2ccccc2C1=S.[O-]C1=CCc2ccccc2C1=S. The van der Waals surface area contributed by atoms with Gasteiger partial charge in [0.2, 0.25) is 0 Å². The first kappa shape index (κ1) is 57.1. The maximum Gasteiger partial charge on any atom is 0.0786 e. The van der Waals surface area contributed by atoms with Gasteiger partial charge in [-0.1, -0.05) is 203 Å². The molecule has 0 heterocycles. The van der Waals surface area contributed by atoms with Gasteiger partial charge in [0.05, 0.1) is 52.4 Å². The zero-order valence-corrected chi connectivity index (χ0v) is 41.6. The summed E-state index contributed by atoms with van der Waals surface area (Å²) in [7, 11) is 0. The summed E-state index contributed by atoms with van der Waals surface area (Å²) >= 11 is 10.0. The van der Waals surface area contributed by atoms with E-state index in [9.17, 15) is 10.2 Å². The maximum absolute atomic E-state index is 11.2. The first-order valence-electron chi connectivity index (χ1n) is 23.8. The van der Waals surface area contributed by atoms with Gasteiger partial charge in [-0.3, -0.25) is 0 Å². The summed E-state index contributed by atoms with van der Waals surface area (Å²) in [6.07, 6.45) is 26.8. The van der Waals surface area contributed by atoms with E-state index in [4.69, 9.17) is 24.4 Å². The third-order valence-electron chi connectivity index (χ3n) is 11.9. The topological polar surface area (TPSA) is 46.1 Å². The molecule has 2 aromatic carbocycles. The molecule has 338 valence electrons. The van der Waals surface area contributed by atoms with Crippen molar-refractivity contribution in [3.8, 4) is 0 Å². The molecule has 2 aromatic rings. The summed E-state index contributed by atoms with van der Waals surface area (Å²) < 4.78 is 2.84. The average Bonchev–Trinajstić information content (AvgIpc) is 3.26. The zero-order chi connectivity index (χ0) is 43.1. The molecule has 4 nitrogen and oxygen atoms in total. The number of hydrogen-bond donors (Lipinski definition) is 0. The Kier molecular flexibility index (Phi) is 33.6. The molecule has 0 N–H and O–H groups in total. The van der Waals surface area contributed by atoms with Crippen molar-refractivity contribution in [1.82, 2.24) is 0 Å². The number of nitrogens with zero attached hydrogens (tertiary/aromatic N) is 2. The summed E-state index contributed by atoms with van der Waals surface area (Å²) in [5.74, 6) is -0.0209. The summed E-state index contributed by atoms with van der Waals surface area (Å²) in [6.45, 7) is 30.0. The van der Waals surface area contributed by atoms with E-state index in [2.05, 4.69) is 55.4 Å². The Morgan fingerprint density at radius 1 is 0.407 bits per heavy atom. The van der Waals surface area contributed by atoms with E-state index >= 15 is 0 Å². The summed E-state index contributed by atoms with van der Waals surface area (Å²) in [5, 5.41) is 22.3. The molecular formula is C52H86N2NiO2S2. The molecule has 0 aliphatic heterocycles. The van der Waals surface area contributed by atoms with Crippen LogP contribution in [-0.2, 0) is 29.3 Å². The summed E-state index contributed by atoms with van der Waals surface area (Å²) in [5.41, 5.74) is 4.17. The number of hydrogen-bond acceptors (Lipinski definition) is 4. The fourth-order valence-corrected chi connectivity index (χ4v) is 8.55. The first-order valence-corrected chi connectivity index (χ1v) is 24.6. The Hall–Kier alpha value is -1.89. The molecule has 0 saturated carbocycles. The second kappa shape index (κ2) is 34.7. The van der Waals surface area contributed by atoms with Gasteiger partial charge in [0.15, 0.2) is 0 Å². The van der Waals surface area contributed by atoms with E-state index in [0.717, 1.165) is 35.1 Å². The largest absolute Gasteiger partial charge is 0.872 e. The van der Waals surface area contributed by atoms with Crippen LogP contribution in [0.4, 0.5) is 0 Å². The van der Waals surface area contributed by atoms with Gasteiger partial charge < -0.3 is 19.2 Å². The minimum atomic E-state index is -0.0105. The first-order chi connectivity index (χ1) is 28.1. The number of thiocarbonyl (C=S) groups is 2. The van der Waals surface area contributed by atoms with Crippen molar-refractivity contribution in [2.24, 2.45) is 0 Å². The van der Waals surface area contributed by atoms with E-state index in [1.165, 1.54) is 164 Å². The standard InChI is InChI=1S/2C16H36N.2C10H8OS.Ni/c2*1-5-9-13-17(14-10-6-2,15-11-7-3)16-12-8-4;2*11-9-6-5-7-3-1-2-4-8(7)10(9)12;/h2*5-16H2,1-4H3;2*1-4,6,11H,5H2;/q2*+1;;;/p-2. The molecule has 0 fully saturated rings. The van der Waals surface area contributed by atoms with Gasteiger partial charge in [-0.25, -0.2) is 0 Å². The van der Waals surface area contributed by atoms with E-state index in [1.807, 2.05) is 48.5 Å². The average molecular weight is 894 g/mol. The third-order valence-corrected chi connectivity index (χ3v) is 12.7. The van der Waals surface area contributed by atoms with E-state index < -0.39 is 0 Å². The van der Waals surface area contributed by atoms with Crippen LogP contribution in [0.5, 0.6) is 0 Å². The molecule has 0 amide bonds. The second-order valence-corrected chi connectivity index (χ2v) is 17.6. The van der Waals surface area contributed by atoms with Gasteiger partial charge in [-0.2, -0.15) is 0 Å². The molecule has 0 radical (unpaired) electrons. The molecule has 0 saturated heterocycles. The van der Waals surface area contributed by atoms with Gasteiger partial charge in [-0.05, 0) is 86.5 Å². The molecule has 0 spiro atoms. The van der Waals surface area contributed by atoms with Gasteiger partial charge in [0, 0.05) is 26.2 Å². The Morgan fingerprint density at radius 3 is 0.847 bits per heavy atom. The molecule has 0 unspecified atom stereocenters. The van der Waals surface area contributed by atoms with Crippen LogP contribution in [0.25, 0.3) is 0 Å². The van der Waals surface area contributed by atoms with Crippen LogP contribution < -0.4 is 10.2 Å². The quantitative estimate of drug-likeness (QED) is 0.0598. The Labute approximate surface area is 385 Å². The normalized spacial score (nSPS) is 13.2. The fraction of sp³-hybridized carbons (Fsp3) is 0.654. The smallest absolute Gasteiger partial charge is 0.0786 e. The van der Waals surface area contributed by atoms with Crippen molar-refractivity contribution in [1.29, 1.82) is 0 Å². The van der Waals surface area contributed by atoms with Crippen LogP contribution in [0.2, 0.25) is 0 Å². The van der Waals surface area contributed by atoms with Crippen LogP contribution in [0.1, 0.15) is 180 Å². The minimum Gasteiger partial charge on any atom is -0.872 e. The molecule has 0 atom stereocenters. The van der Waals surface area contributed by atoms with Crippen molar-refractivity contribution < 1.29 is 35.7 Å². The van der Waals surface area contributed by atoms with Crippen molar-refractivity contribution >= 4 is 34.2 Å². The van der Waals surface area contributed by atoms with Crippen molar-refractivity contribution in [3.63, 3.8) is 0 Å². The van der Waals surface area contributed by atoms with Crippen LogP contribution in [0, 0.1) is 0 Å². The number of quaternary nitrogens is 2. The minimum absolute atomic E-state index is 0. The zero-order valence-electron chi connectivity index (χ0n) is 39.0. The van der Waals surface area contributed by atoms with Gasteiger partial charge in [-0.15, -0.1) is 0 Å². The van der Waals surface area contributed by atoms with Crippen LogP contribution >= 0.6 is 24.4 Å². The van der Waals surface area contributed by atoms with Crippen LogP contribution in [0.15, 0.2) is 72.2 Å². The van der Waals surface area contributed by atoms with Crippen molar-refractivity contribution in [3.05, 3.63) is 94.5 Å². The van der Waals surface area contributed by atoms with Gasteiger partial charge in [0.1, 0.15) is 0 Å². The van der Waals surface area contributed by atoms with Crippen molar-refractivity contribution in [2.45, 2.75) is 171 Å². The predicted molar refractivity (Wildman–Crippen MR) is 259 cm³/mol. The molecule has 7 heteroatoms. The number of unbranched alkanes of at least 4 members (excludes halogenated alkanes) is 8. The monoisotopic (exact) mass is 893 g/mol. The maximum atomic E-state index is 11.2. The number of allylic oxidation sites excluding steroid dienone is 4. The van der Waals surface area contributed by atoms with Gasteiger partial charge >= 0.3 is 0 Å². The molecule has 0 bridgehead atoms. The van der Waals surface area contributed by atoms with E-state index in [-0.39, 0.29) is 28.0 Å².